The summed E-state index contributed by atoms with van der Waals surface area (Å²) < 4.78 is 11.9. The van der Waals surface area contributed by atoms with Crippen molar-refractivity contribution in [3.8, 4) is 5.88 Å². The Hall–Kier alpha value is -3.46. The first kappa shape index (κ1) is 20.3. The molecule has 0 radical (unpaired) electrons. The molecule has 1 aromatic carbocycles. The summed E-state index contributed by atoms with van der Waals surface area (Å²) in [5.41, 5.74) is 2.27. The molecule has 0 spiro atoms. The number of methoxy groups -OCH3 is 1. The van der Waals surface area contributed by atoms with Crippen molar-refractivity contribution in [2.45, 2.75) is 13.5 Å². The molecule has 0 aliphatic rings. The Morgan fingerprint density at radius 1 is 1.17 bits per heavy atom. The largest absolute Gasteiger partial charge is 0.475 e. The molecule has 0 aliphatic carbocycles. The Morgan fingerprint density at radius 3 is 2.76 bits per heavy atom. The number of nitrogens with one attached hydrogen (secondary N) is 2. The number of carbonyl (C=O) groups is 1. The van der Waals surface area contributed by atoms with Gasteiger partial charge in [-0.15, -0.1) is 0 Å². The van der Waals surface area contributed by atoms with E-state index in [-0.39, 0.29) is 18.1 Å². The molecular weight excluding hydrogens is 374 g/mol. The second-order valence-corrected chi connectivity index (χ2v) is 6.25. The zero-order valence-electron chi connectivity index (χ0n) is 16.3. The molecule has 2 amide bonds. The highest BCUT2D eigenvalue weighted by molar-refractivity contribution is 5.89. The molecule has 29 heavy (non-hydrogen) atoms. The fraction of sp³-hybridized carbons (Fsp3) is 0.300. The molecule has 0 aliphatic heterocycles. The smallest absolute Gasteiger partial charge is 0.319 e. The lowest BCUT2D eigenvalue weighted by molar-refractivity contribution is 0.144. The predicted molar refractivity (Wildman–Crippen MR) is 109 cm³/mol. The molecule has 0 atom stereocenters. The first-order chi connectivity index (χ1) is 14.1. The molecule has 9 nitrogen and oxygen atoms in total. The molecule has 0 fully saturated rings. The number of benzene rings is 1. The number of fused-ring (bicyclic) bond motifs is 1. The number of hydrogen-bond acceptors (Lipinski definition) is 6. The van der Waals surface area contributed by atoms with Gasteiger partial charge >= 0.3 is 6.03 Å². The molecule has 0 unspecified atom stereocenters. The number of aryl methyl sites for hydroxylation is 1. The van der Waals surface area contributed by atoms with Gasteiger partial charge in [-0.3, -0.25) is 4.79 Å². The summed E-state index contributed by atoms with van der Waals surface area (Å²) in [6.07, 6.45) is 1.51. The van der Waals surface area contributed by atoms with E-state index >= 15 is 0 Å². The second kappa shape index (κ2) is 9.65. The second-order valence-electron chi connectivity index (χ2n) is 6.25. The van der Waals surface area contributed by atoms with Crippen molar-refractivity contribution in [3.05, 3.63) is 58.6 Å². The highest BCUT2D eigenvalue weighted by atomic mass is 16.5. The molecule has 0 bridgehead atoms. The van der Waals surface area contributed by atoms with Crippen LogP contribution in [0.4, 0.5) is 10.5 Å². The van der Waals surface area contributed by atoms with E-state index < -0.39 is 0 Å². The van der Waals surface area contributed by atoms with Crippen molar-refractivity contribution in [1.29, 1.82) is 0 Å². The maximum Gasteiger partial charge on any atom is 0.319 e. The monoisotopic (exact) mass is 397 g/mol. The first-order valence-electron chi connectivity index (χ1n) is 9.17. The summed E-state index contributed by atoms with van der Waals surface area (Å²) >= 11 is 0. The van der Waals surface area contributed by atoms with Gasteiger partial charge in [-0.1, -0.05) is 12.1 Å². The number of pyridine rings is 1. The SMILES string of the molecule is COCCOc1ccc(NC(=O)NCCn2c(=O)c(C)nc3ccccc32)cn1. The molecule has 152 valence electrons. The van der Waals surface area contributed by atoms with Gasteiger partial charge < -0.3 is 24.7 Å². The van der Waals surface area contributed by atoms with Crippen molar-refractivity contribution in [2.75, 3.05) is 32.2 Å². The molecule has 3 aromatic rings. The van der Waals surface area contributed by atoms with Crippen molar-refractivity contribution in [2.24, 2.45) is 0 Å². The van der Waals surface area contributed by atoms with Gasteiger partial charge in [0.2, 0.25) is 5.88 Å². The molecule has 3 rings (SSSR count). The number of urea groups is 1. The lowest BCUT2D eigenvalue weighted by Gasteiger charge is -2.12. The van der Waals surface area contributed by atoms with Crippen LogP contribution in [0, 0.1) is 6.92 Å². The fourth-order valence-electron chi connectivity index (χ4n) is 2.77. The summed E-state index contributed by atoms with van der Waals surface area (Å²) in [6, 6.07) is 10.4. The van der Waals surface area contributed by atoms with Gasteiger partial charge in [0, 0.05) is 26.3 Å². The maximum atomic E-state index is 12.4. The van der Waals surface area contributed by atoms with Crippen molar-refractivity contribution in [3.63, 3.8) is 0 Å². The number of ether oxygens (including phenoxy) is 2. The first-order valence-corrected chi connectivity index (χ1v) is 9.17. The van der Waals surface area contributed by atoms with Crippen LogP contribution in [0.15, 0.2) is 47.4 Å². The maximum absolute atomic E-state index is 12.4. The van der Waals surface area contributed by atoms with Gasteiger partial charge in [0.05, 0.1) is 29.5 Å². The normalized spacial score (nSPS) is 10.7. The summed E-state index contributed by atoms with van der Waals surface area (Å²) in [7, 11) is 1.59. The molecule has 2 aromatic heterocycles. The van der Waals surface area contributed by atoms with Gasteiger partial charge in [0.25, 0.3) is 5.56 Å². The number of hydrogen-bond donors (Lipinski definition) is 2. The third kappa shape index (κ3) is 5.29. The Balaban J connectivity index is 1.55. The number of nitrogens with zero attached hydrogens (tertiary/aromatic N) is 3. The van der Waals surface area contributed by atoms with Crippen LogP contribution >= 0.6 is 0 Å². The van der Waals surface area contributed by atoms with Crippen LogP contribution in [0.5, 0.6) is 5.88 Å². The van der Waals surface area contributed by atoms with Gasteiger partial charge in [0.15, 0.2) is 0 Å². The number of amides is 2. The minimum atomic E-state index is -0.386. The van der Waals surface area contributed by atoms with Gasteiger partial charge in [-0.05, 0) is 25.1 Å². The predicted octanol–water partition coefficient (Wildman–Crippen LogP) is 1.95. The standard InChI is InChI=1S/C20H23N5O4/c1-14-19(26)25(17-6-4-3-5-16(17)23-14)10-9-21-20(27)24-15-7-8-18(22-13-15)29-12-11-28-2/h3-8,13H,9-12H2,1-2H3,(H2,21,24,27). The molecule has 2 N–H and O–H groups in total. The van der Waals surface area contributed by atoms with E-state index in [1.165, 1.54) is 6.20 Å². The van der Waals surface area contributed by atoms with Crippen LogP contribution in [0.3, 0.4) is 0 Å². The van der Waals surface area contributed by atoms with Gasteiger partial charge in [0.1, 0.15) is 12.3 Å². The molecule has 0 saturated heterocycles. The number of anilines is 1. The van der Waals surface area contributed by atoms with Gasteiger partial charge in [-0.2, -0.15) is 0 Å². The third-order valence-corrected chi connectivity index (χ3v) is 4.17. The lowest BCUT2D eigenvalue weighted by Crippen LogP contribution is -2.34. The van der Waals surface area contributed by atoms with E-state index in [1.807, 2.05) is 24.3 Å². The Labute approximate surface area is 167 Å². The van der Waals surface area contributed by atoms with Crippen LogP contribution in [0.2, 0.25) is 0 Å². The Bertz CT molecular complexity index is 1030. The lowest BCUT2D eigenvalue weighted by atomic mass is 10.3. The van der Waals surface area contributed by atoms with E-state index in [0.29, 0.717) is 37.0 Å². The fourth-order valence-corrected chi connectivity index (χ4v) is 2.77. The highest BCUT2D eigenvalue weighted by Gasteiger charge is 2.08. The average Bonchev–Trinajstić information content (AvgIpc) is 2.72. The van der Waals surface area contributed by atoms with Crippen molar-refractivity contribution in [1.82, 2.24) is 19.9 Å². The molecular formula is C20H23N5O4. The van der Waals surface area contributed by atoms with E-state index in [1.54, 1.807) is 30.7 Å². The van der Waals surface area contributed by atoms with E-state index in [4.69, 9.17) is 9.47 Å². The summed E-state index contributed by atoms with van der Waals surface area (Å²) in [4.78, 5) is 33.0. The quantitative estimate of drug-likeness (QED) is 0.563. The van der Waals surface area contributed by atoms with Crippen molar-refractivity contribution < 1.29 is 14.3 Å². The van der Waals surface area contributed by atoms with Crippen LogP contribution in [0.25, 0.3) is 11.0 Å². The Kier molecular flexibility index (Phi) is 6.75. The topological polar surface area (TPSA) is 107 Å². The average molecular weight is 397 g/mol. The molecule has 0 saturated carbocycles. The van der Waals surface area contributed by atoms with Crippen LogP contribution in [0.1, 0.15) is 5.69 Å². The minimum Gasteiger partial charge on any atom is -0.475 e. The number of rotatable bonds is 8. The zero-order chi connectivity index (χ0) is 20.6. The van der Waals surface area contributed by atoms with E-state index in [0.717, 1.165) is 11.0 Å². The summed E-state index contributed by atoms with van der Waals surface area (Å²) in [6.45, 7) is 3.17. The van der Waals surface area contributed by atoms with E-state index in [2.05, 4.69) is 20.6 Å². The molecule has 2 heterocycles. The van der Waals surface area contributed by atoms with Crippen molar-refractivity contribution >= 4 is 22.8 Å². The van der Waals surface area contributed by atoms with Crippen LogP contribution < -0.4 is 20.9 Å². The van der Waals surface area contributed by atoms with Crippen LogP contribution in [-0.2, 0) is 11.3 Å². The third-order valence-electron chi connectivity index (χ3n) is 4.17. The van der Waals surface area contributed by atoms with Gasteiger partial charge in [-0.25, -0.2) is 14.8 Å². The summed E-state index contributed by atoms with van der Waals surface area (Å²) in [5, 5.41) is 5.44. The highest BCUT2D eigenvalue weighted by Crippen LogP contribution is 2.12. The Morgan fingerprint density at radius 2 is 2.00 bits per heavy atom. The minimum absolute atomic E-state index is 0.167. The van der Waals surface area contributed by atoms with Crippen LogP contribution in [-0.4, -0.2) is 47.4 Å². The number of para-hydroxylation sites is 2. The summed E-state index contributed by atoms with van der Waals surface area (Å²) in [5.74, 6) is 0.451. The molecule has 9 heteroatoms. The zero-order valence-corrected chi connectivity index (χ0v) is 16.3. The number of aromatic nitrogens is 3. The van der Waals surface area contributed by atoms with E-state index in [9.17, 15) is 9.59 Å². The number of carbonyl (C=O) groups excluding carboxylic acids is 1.